The molecule has 0 bridgehead atoms. The molecule has 0 radical (unpaired) electrons. The lowest BCUT2D eigenvalue weighted by molar-refractivity contribution is -0.161. The average Bonchev–Trinajstić information content (AvgIpc) is 3.95. The second kappa shape index (κ2) is 35.7. The van der Waals surface area contributed by atoms with E-state index in [1.807, 2.05) is 0 Å². The molecule has 0 amide bonds. The molecular weight excluding hydrogens is 814 g/mol. The van der Waals surface area contributed by atoms with Gasteiger partial charge < -0.3 is 34.0 Å². The second-order valence-corrected chi connectivity index (χ2v) is 18.9. The monoisotopic (exact) mass is 895 g/mol. The van der Waals surface area contributed by atoms with Crippen molar-refractivity contribution in [1.29, 1.82) is 0 Å². The first-order chi connectivity index (χ1) is 28.7. The average molecular weight is 895 g/mol. The molecule has 0 aliphatic carbocycles. The second-order valence-electron chi connectivity index (χ2n) is 16.2. The third kappa shape index (κ3) is 36.9. The number of epoxide rings is 1. The predicted molar refractivity (Wildman–Crippen MR) is 234 cm³/mol. The van der Waals surface area contributed by atoms with E-state index in [1.165, 1.54) is 77.0 Å². The number of aliphatic hydroxyl groups is 1. The van der Waals surface area contributed by atoms with E-state index in [4.69, 9.17) is 33.0 Å². The summed E-state index contributed by atoms with van der Waals surface area (Å²) in [6, 6.07) is 0. The fourth-order valence-corrected chi connectivity index (χ4v) is 7.48. The van der Waals surface area contributed by atoms with Gasteiger partial charge in [-0.15, -0.1) is 0 Å². The Morgan fingerprint density at radius 3 is 1.80 bits per heavy atom. The zero-order valence-corrected chi connectivity index (χ0v) is 38.7. The molecule has 350 valence electrons. The van der Waals surface area contributed by atoms with Crippen molar-refractivity contribution < 1.29 is 66.3 Å². The quantitative estimate of drug-likeness (QED) is 0.0148. The van der Waals surface area contributed by atoms with Crippen LogP contribution in [0.25, 0.3) is 0 Å². The third-order valence-electron chi connectivity index (χ3n) is 9.87. The van der Waals surface area contributed by atoms with Crippen LogP contribution in [0.3, 0.4) is 0 Å². The van der Waals surface area contributed by atoms with Gasteiger partial charge in [0.15, 0.2) is 6.10 Å². The largest absolute Gasteiger partial charge is 0.472 e. The Morgan fingerprint density at radius 2 is 1.18 bits per heavy atom. The Labute approximate surface area is 361 Å². The van der Waals surface area contributed by atoms with Gasteiger partial charge in [0.1, 0.15) is 12.7 Å². The number of ether oxygens (including phenoxy) is 3. The highest BCUT2D eigenvalue weighted by Crippen LogP contribution is 2.44. The smallest absolute Gasteiger partial charge is 0.462 e. The highest BCUT2D eigenvalue weighted by Gasteiger charge is 2.37. The van der Waals surface area contributed by atoms with Gasteiger partial charge in [0.05, 0.1) is 32.0 Å². The molecule has 1 saturated heterocycles. The number of unbranched alkanes of at least 4 members (excludes halogenated alkanes) is 14. The maximum absolute atomic E-state index is 12.7. The van der Waals surface area contributed by atoms with E-state index >= 15 is 0 Å². The minimum absolute atomic E-state index is 0.0439. The molecule has 4 N–H and O–H groups in total. The van der Waals surface area contributed by atoms with Crippen molar-refractivity contribution in [3.63, 3.8) is 0 Å². The maximum Gasteiger partial charge on any atom is 0.472 e. The summed E-state index contributed by atoms with van der Waals surface area (Å²) in [6.45, 7) is 3.97. The van der Waals surface area contributed by atoms with Crippen molar-refractivity contribution in [2.75, 3.05) is 26.4 Å². The number of aliphatic hydroxyl groups excluding tert-OH is 1. The summed E-state index contributed by atoms with van der Waals surface area (Å²) in [5.74, 6) is -0.312. The van der Waals surface area contributed by atoms with Crippen molar-refractivity contribution in [3.8, 4) is 0 Å². The Hall–Kier alpha value is -1.70. The van der Waals surface area contributed by atoms with Gasteiger partial charge in [-0.1, -0.05) is 147 Å². The Balaban J connectivity index is 2.40. The lowest BCUT2D eigenvalue weighted by atomic mass is 10.0. The first kappa shape index (κ1) is 56.3. The zero-order chi connectivity index (χ0) is 44.3. The van der Waals surface area contributed by atoms with Gasteiger partial charge in [0, 0.05) is 12.8 Å². The minimum atomic E-state index is -4.87. The molecule has 1 fully saturated rings. The minimum Gasteiger partial charge on any atom is -0.462 e. The number of hydrogen-bond acceptors (Lipinski definition) is 11. The van der Waals surface area contributed by atoms with Crippen molar-refractivity contribution in [3.05, 3.63) is 36.5 Å². The van der Waals surface area contributed by atoms with Crippen LogP contribution >= 0.6 is 15.6 Å². The highest BCUT2D eigenvalue weighted by atomic mass is 31.2. The molecule has 14 nitrogen and oxygen atoms in total. The van der Waals surface area contributed by atoms with Crippen LogP contribution in [0.5, 0.6) is 0 Å². The molecule has 1 aliphatic rings. The zero-order valence-electron chi connectivity index (χ0n) is 36.9. The van der Waals surface area contributed by atoms with Crippen molar-refractivity contribution in [1.82, 2.24) is 0 Å². The molecule has 1 rings (SSSR count). The summed E-state index contributed by atoms with van der Waals surface area (Å²) in [4.78, 5) is 52.9. The summed E-state index contributed by atoms with van der Waals surface area (Å²) < 4.78 is 53.6. The van der Waals surface area contributed by atoms with Crippen LogP contribution in [0.4, 0.5) is 0 Å². The van der Waals surface area contributed by atoms with Gasteiger partial charge >= 0.3 is 27.6 Å². The van der Waals surface area contributed by atoms with E-state index < -0.39 is 66.2 Å². The number of esters is 2. The molecule has 3 unspecified atom stereocenters. The predicted octanol–water partition coefficient (Wildman–Crippen LogP) is 10.5. The van der Waals surface area contributed by atoms with Crippen LogP contribution in [0, 0.1) is 5.92 Å². The molecule has 5 atom stereocenters. The Kier molecular flexibility index (Phi) is 33.5. The van der Waals surface area contributed by atoms with E-state index in [-0.39, 0.29) is 25.0 Å². The van der Waals surface area contributed by atoms with E-state index in [9.17, 15) is 28.7 Å². The van der Waals surface area contributed by atoms with Gasteiger partial charge in [-0.2, -0.15) is 0 Å². The van der Waals surface area contributed by atoms with Gasteiger partial charge in [-0.3, -0.25) is 23.2 Å². The summed E-state index contributed by atoms with van der Waals surface area (Å²) in [5.41, 5.74) is 0. The summed E-state index contributed by atoms with van der Waals surface area (Å²) in [5, 5.41) is 9.76. The van der Waals surface area contributed by atoms with Crippen LogP contribution in [0.15, 0.2) is 36.5 Å². The third-order valence-corrected chi connectivity index (χ3v) is 11.3. The fraction of sp³-hybridized carbons (Fsp3) is 0.818. The van der Waals surface area contributed by atoms with Crippen molar-refractivity contribution in [2.24, 2.45) is 5.92 Å². The normalized spacial score (nSPS) is 17.8. The number of carbonyl (C=O) groups excluding carboxylic acids is 2. The topological polar surface area (TPSA) is 208 Å². The summed E-state index contributed by atoms with van der Waals surface area (Å²) in [7, 11) is -9.70. The van der Waals surface area contributed by atoms with Crippen LogP contribution in [-0.2, 0) is 46.5 Å². The summed E-state index contributed by atoms with van der Waals surface area (Å²) in [6.07, 6.45) is 34.4. The van der Waals surface area contributed by atoms with E-state index in [2.05, 4.69) is 61.8 Å². The maximum atomic E-state index is 12.7. The fourth-order valence-electron chi connectivity index (χ4n) is 6.33. The number of carbonyl (C=O) groups is 2. The molecule has 1 aliphatic heterocycles. The molecule has 0 saturated carbocycles. The number of phosphoric acid groups is 2. The van der Waals surface area contributed by atoms with Crippen molar-refractivity contribution >= 4 is 27.6 Å². The van der Waals surface area contributed by atoms with Crippen LogP contribution in [-0.4, -0.2) is 82.6 Å². The SMILES string of the molecule is CCCCC/C=C\C/C=C\C/C=C\CC1OC1CCCC(=O)O[C@H](COC(=O)CCCCCCCCCCCCCCC(C)C)COP(=O)(O)OC[C@@H](O)COP(=O)(O)O. The van der Waals surface area contributed by atoms with Crippen LogP contribution in [0.1, 0.15) is 175 Å². The van der Waals surface area contributed by atoms with E-state index in [1.54, 1.807) is 0 Å². The van der Waals surface area contributed by atoms with Gasteiger partial charge in [-0.05, 0) is 57.3 Å². The molecule has 60 heavy (non-hydrogen) atoms. The molecule has 1 heterocycles. The van der Waals surface area contributed by atoms with Gasteiger partial charge in [-0.25, -0.2) is 9.13 Å². The van der Waals surface area contributed by atoms with Crippen LogP contribution < -0.4 is 0 Å². The Morgan fingerprint density at radius 1 is 0.633 bits per heavy atom. The van der Waals surface area contributed by atoms with Crippen LogP contribution in [0.2, 0.25) is 0 Å². The number of rotatable bonds is 41. The molecule has 0 aromatic rings. The van der Waals surface area contributed by atoms with Gasteiger partial charge in [0.25, 0.3) is 0 Å². The lowest BCUT2D eigenvalue weighted by Crippen LogP contribution is -2.30. The molecular formula is C44H80O14P2. The lowest BCUT2D eigenvalue weighted by Gasteiger charge is -2.20. The van der Waals surface area contributed by atoms with E-state index in [0.29, 0.717) is 19.3 Å². The van der Waals surface area contributed by atoms with Crippen molar-refractivity contribution in [2.45, 2.75) is 199 Å². The van der Waals surface area contributed by atoms with Gasteiger partial charge in [0.2, 0.25) is 0 Å². The number of phosphoric ester groups is 2. The first-order valence-corrected chi connectivity index (χ1v) is 25.7. The number of allylic oxidation sites excluding steroid dienone is 5. The molecule has 0 spiro atoms. The first-order valence-electron chi connectivity index (χ1n) is 22.7. The Bertz CT molecular complexity index is 1280. The highest BCUT2D eigenvalue weighted by molar-refractivity contribution is 7.47. The molecule has 16 heteroatoms. The summed E-state index contributed by atoms with van der Waals surface area (Å²) >= 11 is 0. The number of hydrogen-bond donors (Lipinski definition) is 4. The molecule has 0 aromatic carbocycles. The standard InChI is InChI=1S/C44H80O14P2/c1-4-5-6-7-8-9-10-14-17-20-23-26-30-41-42(58-41)31-28-33-44(47)57-40(37-56-60(51,52)55-35-39(45)34-54-59(48,49)50)36-53-43(46)32-27-24-21-18-15-12-11-13-16-19-22-25-29-38(2)3/h8-9,14,17,23,26,38-42,45H,4-7,10-13,15-16,18-22,24-25,27-37H2,1-3H3,(H,51,52)(H2,48,49,50)/b9-8-,17-14-,26-23-/t39-,40+,41?,42?/m0/s1. The van der Waals surface area contributed by atoms with E-state index in [0.717, 1.165) is 50.9 Å². The molecule has 0 aromatic heterocycles.